The van der Waals surface area contributed by atoms with Crippen LogP contribution in [0.5, 0.6) is 0 Å². The summed E-state index contributed by atoms with van der Waals surface area (Å²) >= 11 is 0. The summed E-state index contributed by atoms with van der Waals surface area (Å²) in [5.74, 6) is -1.60. The summed E-state index contributed by atoms with van der Waals surface area (Å²) in [4.78, 5) is 13.0. The predicted molar refractivity (Wildman–Crippen MR) is 67.2 cm³/mol. The van der Waals surface area contributed by atoms with Crippen LogP contribution in [-0.4, -0.2) is 36.8 Å². The molecule has 1 fully saturated rings. The lowest BCUT2D eigenvalue weighted by atomic mass is 10.1. The van der Waals surface area contributed by atoms with Crippen LogP contribution in [-0.2, 0) is 4.79 Å². The van der Waals surface area contributed by atoms with Crippen molar-refractivity contribution in [2.24, 2.45) is 5.92 Å². The number of anilines is 1. The van der Waals surface area contributed by atoms with Gasteiger partial charge in [-0.15, -0.1) is 0 Å². The molecule has 1 heterocycles. The van der Waals surface area contributed by atoms with Crippen molar-refractivity contribution in [3.05, 3.63) is 30.1 Å². The number of aliphatic carboxylic acids is 1. The second-order valence-electron chi connectivity index (χ2n) is 4.73. The maximum Gasteiger partial charge on any atom is 0.309 e. The van der Waals surface area contributed by atoms with Crippen LogP contribution in [0.3, 0.4) is 0 Å². The molecule has 0 aliphatic carbocycles. The number of nitrogens with zero attached hydrogens (tertiary/aromatic N) is 1. The van der Waals surface area contributed by atoms with Gasteiger partial charge in [0.05, 0.1) is 5.92 Å². The highest BCUT2D eigenvalue weighted by molar-refractivity contribution is 5.71. The standard InChI is InChI=1S/C13H17FN2O2/c1-9-7-16(8-10(6-15-9)13(17)18)12-4-2-3-11(14)5-12/h2-5,9-10,15H,6-8H2,1H3,(H,17,18). The largest absolute Gasteiger partial charge is 0.481 e. The van der Waals surface area contributed by atoms with E-state index in [2.05, 4.69) is 5.32 Å². The predicted octanol–water partition coefficient (Wildman–Crippen LogP) is 1.32. The third-order valence-corrected chi connectivity index (χ3v) is 3.17. The number of carboxylic acids is 1. The van der Waals surface area contributed by atoms with Gasteiger partial charge in [0.15, 0.2) is 0 Å². The van der Waals surface area contributed by atoms with Crippen molar-refractivity contribution in [1.29, 1.82) is 0 Å². The summed E-state index contributed by atoms with van der Waals surface area (Å²) in [6.45, 7) is 3.52. The number of rotatable bonds is 2. The molecular formula is C13H17FN2O2. The minimum Gasteiger partial charge on any atom is -0.481 e. The second kappa shape index (κ2) is 5.35. The Labute approximate surface area is 105 Å². The Morgan fingerprint density at radius 3 is 2.94 bits per heavy atom. The molecule has 2 N–H and O–H groups in total. The Morgan fingerprint density at radius 2 is 2.28 bits per heavy atom. The Kier molecular flexibility index (Phi) is 3.81. The number of halogens is 1. The lowest BCUT2D eigenvalue weighted by molar-refractivity contribution is -0.141. The molecule has 0 amide bonds. The first-order chi connectivity index (χ1) is 8.56. The minimum atomic E-state index is -0.821. The van der Waals surface area contributed by atoms with E-state index in [1.807, 2.05) is 11.8 Å². The average molecular weight is 252 g/mol. The average Bonchev–Trinajstić information content (AvgIpc) is 2.51. The maximum absolute atomic E-state index is 13.2. The molecule has 0 aromatic heterocycles. The molecule has 1 aliphatic rings. The van der Waals surface area contributed by atoms with Gasteiger partial charge in [-0.05, 0) is 25.1 Å². The summed E-state index contributed by atoms with van der Waals surface area (Å²) in [6.07, 6.45) is 0. The lowest BCUT2D eigenvalue weighted by Gasteiger charge is -2.26. The van der Waals surface area contributed by atoms with Gasteiger partial charge in [-0.2, -0.15) is 0 Å². The molecule has 4 nitrogen and oxygen atoms in total. The van der Waals surface area contributed by atoms with E-state index in [4.69, 9.17) is 5.11 Å². The summed E-state index contributed by atoms with van der Waals surface area (Å²) in [7, 11) is 0. The van der Waals surface area contributed by atoms with Crippen LogP contribution < -0.4 is 10.2 Å². The van der Waals surface area contributed by atoms with E-state index in [-0.39, 0.29) is 11.9 Å². The number of nitrogens with one attached hydrogen (secondary N) is 1. The molecule has 0 spiro atoms. The van der Waals surface area contributed by atoms with Crippen molar-refractivity contribution < 1.29 is 14.3 Å². The summed E-state index contributed by atoms with van der Waals surface area (Å²) in [5.41, 5.74) is 0.733. The molecule has 0 radical (unpaired) electrons. The van der Waals surface area contributed by atoms with Gasteiger partial charge in [-0.1, -0.05) is 6.07 Å². The van der Waals surface area contributed by atoms with Crippen LogP contribution in [0.25, 0.3) is 0 Å². The Hall–Kier alpha value is -1.62. The highest BCUT2D eigenvalue weighted by Crippen LogP contribution is 2.19. The van der Waals surface area contributed by atoms with Gasteiger partial charge < -0.3 is 15.3 Å². The normalized spacial score (nSPS) is 24.7. The fraction of sp³-hybridized carbons (Fsp3) is 0.462. The molecular weight excluding hydrogens is 235 g/mol. The van der Waals surface area contributed by atoms with Crippen LogP contribution in [0.2, 0.25) is 0 Å². The van der Waals surface area contributed by atoms with E-state index in [9.17, 15) is 9.18 Å². The monoisotopic (exact) mass is 252 g/mol. The zero-order valence-electron chi connectivity index (χ0n) is 10.3. The molecule has 5 heteroatoms. The summed E-state index contributed by atoms with van der Waals surface area (Å²) < 4.78 is 13.2. The zero-order chi connectivity index (χ0) is 13.1. The zero-order valence-corrected chi connectivity index (χ0v) is 10.3. The minimum absolute atomic E-state index is 0.178. The quantitative estimate of drug-likeness (QED) is 0.833. The number of carboxylic acid groups (broad SMARTS) is 1. The van der Waals surface area contributed by atoms with Crippen molar-refractivity contribution in [3.63, 3.8) is 0 Å². The van der Waals surface area contributed by atoms with Gasteiger partial charge in [-0.25, -0.2) is 4.39 Å². The van der Waals surface area contributed by atoms with Crippen LogP contribution in [0.4, 0.5) is 10.1 Å². The van der Waals surface area contributed by atoms with Gasteiger partial charge in [0, 0.05) is 31.4 Å². The van der Waals surface area contributed by atoms with Gasteiger partial charge in [0.2, 0.25) is 0 Å². The highest BCUT2D eigenvalue weighted by atomic mass is 19.1. The van der Waals surface area contributed by atoms with Crippen LogP contribution in [0.1, 0.15) is 6.92 Å². The van der Waals surface area contributed by atoms with Gasteiger partial charge >= 0.3 is 5.97 Å². The number of carbonyl (C=O) groups is 1. The van der Waals surface area contributed by atoms with Gasteiger partial charge in [-0.3, -0.25) is 4.79 Å². The second-order valence-corrected chi connectivity index (χ2v) is 4.73. The fourth-order valence-electron chi connectivity index (χ4n) is 2.19. The fourth-order valence-corrected chi connectivity index (χ4v) is 2.19. The van der Waals surface area contributed by atoms with E-state index in [1.54, 1.807) is 12.1 Å². The van der Waals surface area contributed by atoms with E-state index in [0.29, 0.717) is 19.6 Å². The van der Waals surface area contributed by atoms with Gasteiger partial charge in [0.25, 0.3) is 0 Å². The number of hydrogen-bond acceptors (Lipinski definition) is 3. The molecule has 2 rings (SSSR count). The molecule has 2 atom stereocenters. The van der Waals surface area contributed by atoms with Crippen molar-refractivity contribution >= 4 is 11.7 Å². The molecule has 1 aliphatic heterocycles. The molecule has 1 saturated heterocycles. The van der Waals surface area contributed by atoms with Gasteiger partial charge in [0.1, 0.15) is 5.82 Å². The maximum atomic E-state index is 13.2. The van der Waals surface area contributed by atoms with E-state index in [1.165, 1.54) is 12.1 Å². The number of benzene rings is 1. The molecule has 1 aromatic rings. The lowest BCUT2D eigenvalue weighted by Crippen LogP contribution is -2.35. The molecule has 0 saturated carbocycles. The molecule has 18 heavy (non-hydrogen) atoms. The van der Waals surface area contributed by atoms with Crippen molar-refractivity contribution in [2.75, 3.05) is 24.5 Å². The van der Waals surface area contributed by atoms with Crippen LogP contribution in [0.15, 0.2) is 24.3 Å². The first-order valence-corrected chi connectivity index (χ1v) is 6.03. The van der Waals surface area contributed by atoms with Crippen molar-refractivity contribution in [2.45, 2.75) is 13.0 Å². The van der Waals surface area contributed by atoms with Crippen LogP contribution >= 0.6 is 0 Å². The third kappa shape index (κ3) is 2.98. The Balaban J connectivity index is 2.21. The third-order valence-electron chi connectivity index (χ3n) is 3.17. The SMILES string of the molecule is CC1CN(c2cccc(F)c2)CC(C(=O)O)CN1. The highest BCUT2D eigenvalue weighted by Gasteiger charge is 2.26. The van der Waals surface area contributed by atoms with Crippen molar-refractivity contribution in [3.8, 4) is 0 Å². The topological polar surface area (TPSA) is 52.6 Å². The Morgan fingerprint density at radius 1 is 1.50 bits per heavy atom. The molecule has 98 valence electrons. The van der Waals surface area contributed by atoms with E-state index >= 15 is 0 Å². The van der Waals surface area contributed by atoms with E-state index in [0.717, 1.165) is 5.69 Å². The smallest absolute Gasteiger partial charge is 0.309 e. The van der Waals surface area contributed by atoms with Crippen molar-refractivity contribution in [1.82, 2.24) is 5.32 Å². The first kappa shape index (κ1) is 12.8. The Bertz CT molecular complexity index is 439. The van der Waals surface area contributed by atoms with Crippen LogP contribution in [0, 0.1) is 11.7 Å². The van der Waals surface area contributed by atoms with E-state index < -0.39 is 11.9 Å². The summed E-state index contributed by atoms with van der Waals surface area (Å²) in [6, 6.07) is 6.45. The first-order valence-electron chi connectivity index (χ1n) is 6.03. The number of hydrogen-bond donors (Lipinski definition) is 2. The molecule has 1 aromatic carbocycles. The summed E-state index contributed by atoms with van der Waals surface area (Å²) in [5, 5.41) is 12.3. The molecule has 2 unspecified atom stereocenters. The molecule has 0 bridgehead atoms.